The van der Waals surface area contributed by atoms with E-state index in [0.29, 0.717) is 6.04 Å². The number of rotatable bonds is 5. The number of nitrogens with one attached hydrogen (secondary N) is 1. The monoisotopic (exact) mass is 275 g/mol. The fourth-order valence-corrected chi connectivity index (χ4v) is 3.04. The number of likely N-dealkylation sites (tertiary alicyclic amines) is 1. The van der Waals surface area contributed by atoms with Gasteiger partial charge in [0.15, 0.2) is 0 Å². The average molecular weight is 275 g/mol. The highest BCUT2D eigenvalue weighted by Crippen LogP contribution is 2.30. The molecule has 1 aromatic rings. The third kappa shape index (κ3) is 2.83. The third-order valence-corrected chi connectivity index (χ3v) is 4.48. The summed E-state index contributed by atoms with van der Waals surface area (Å²) in [5.74, 6) is 0. The molecule has 0 spiro atoms. The molecule has 1 N–H and O–H groups in total. The Morgan fingerprint density at radius 2 is 2.20 bits per heavy atom. The van der Waals surface area contributed by atoms with Crippen molar-refractivity contribution in [1.29, 1.82) is 0 Å². The van der Waals surface area contributed by atoms with Gasteiger partial charge in [0.05, 0.1) is 4.92 Å². The molecule has 1 unspecified atom stereocenters. The van der Waals surface area contributed by atoms with E-state index >= 15 is 0 Å². The van der Waals surface area contributed by atoms with E-state index in [9.17, 15) is 10.1 Å². The Morgan fingerprint density at radius 3 is 2.90 bits per heavy atom. The summed E-state index contributed by atoms with van der Waals surface area (Å²) in [6.07, 6.45) is 3.90. The van der Waals surface area contributed by atoms with Crippen molar-refractivity contribution in [3.8, 4) is 0 Å². The molecule has 0 amide bonds. The van der Waals surface area contributed by atoms with E-state index in [4.69, 9.17) is 0 Å². The first kappa shape index (κ1) is 13.5. The fraction of sp³-hybridized carbons (Fsp3) is 0.600. The molecule has 2 fully saturated rings. The number of nitrogens with zero attached hydrogens (tertiary/aromatic N) is 2. The summed E-state index contributed by atoms with van der Waals surface area (Å²) in [6, 6.07) is 6.68. The van der Waals surface area contributed by atoms with Crippen LogP contribution in [-0.2, 0) is 6.54 Å². The summed E-state index contributed by atoms with van der Waals surface area (Å²) >= 11 is 0. The lowest BCUT2D eigenvalue weighted by atomic mass is 10.1. The van der Waals surface area contributed by atoms with Gasteiger partial charge in [0.1, 0.15) is 0 Å². The van der Waals surface area contributed by atoms with E-state index < -0.39 is 0 Å². The van der Waals surface area contributed by atoms with E-state index in [1.54, 1.807) is 12.1 Å². The van der Waals surface area contributed by atoms with Crippen LogP contribution >= 0.6 is 0 Å². The first-order valence-corrected chi connectivity index (χ1v) is 7.35. The van der Waals surface area contributed by atoms with Crippen molar-refractivity contribution in [3.05, 3.63) is 39.4 Å². The van der Waals surface area contributed by atoms with Gasteiger partial charge in [-0.1, -0.05) is 12.1 Å². The summed E-state index contributed by atoms with van der Waals surface area (Å²) in [6.45, 7) is 4.87. The van der Waals surface area contributed by atoms with Crippen molar-refractivity contribution >= 4 is 5.69 Å². The molecule has 2 aliphatic rings. The lowest BCUT2D eigenvalue weighted by Gasteiger charge is -2.16. The minimum Gasteiger partial charge on any atom is -0.309 e. The van der Waals surface area contributed by atoms with Crippen LogP contribution in [0, 0.1) is 17.0 Å². The van der Waals surface area contributed by atoms with Crippen LogP contribution in [0.15, 0.2) is 18.2 Å². The van der Waals surface area contributed by atoms with E-state index in [2.05, 4.69) is 10.2 Å². The molecule has 0 aromatic heterocycles. The predicted octanol–water partition coefficient (Wildman–Crippen LogP) is 2.23. The molecular weight excluding hydrogens is 254 g/mol. The van der Waals surface area contributed by atoms with Crippen LogP contribution in [0.5, 0.6) is 0 Å². The lowest BCUT2D eigenvalue weighted by Crippen LogP contribution is -2.33. The first-order chi connectivity index (χ1) is 9.65. The summed E-state index contributed by atoms with van der Waals surface area (Å²) in [5.41, 5.74) is 2.03. The quantitative estimate of drug-likeness (QED) is 0.661. The second-order valence-electron chi connectivity index (χ2n) is 5.91. The Hall–Kier alpha value is -1.46. The van der Waals surface area contributed by atoms with E-state index in [-0.39, 0.29) is 10.6 Å². The Bertz CT molecular complexity index is 514. The minimum atomic E-state index is -0.302. The second kappa shape index (κ2) is 5.50. The van der Waals surface area contributed by atoms with Crippen LogP contribution in [0.1, 0.15) is 30.4 Å². The van der Waals surface area contributed by atoms with Gasteiger partial charge in [-0.3, -0.25) is 15.0 Å². The number of nitro groups is 1. The molecule has 1 aliphatic heterocycles. The normalized spacial score (nSPS) is 23.1. The molecule has 1 saturated carbocycles. The van der Waals surface area contributed by atoms with Crippen LogP contribution in [0.2, 0.25) is 0 Å². The van der Waals surface area contributed by atoms with Gasteiger partial charge in [0.2, 0.25) is 0 Å². The largest absolute Gasteiger partial charge is 0.309 e. The molecule has 0 bridgehead atoms. The Kier molecular flexibility index (Phi) is 3.72. The Labute approximate surface area is 119 Å². The van der Waals surface area contributed by atoms with E-state index in [1.807, 2.05) is 13.0 Å². The zero-order valence-corrected chi connectivity index (χ0v) is 11.8. The Balaban J connectivity index is 1.58. The van der Waals surface area contributed by atoms with E-state index in [1.165, 1.54) is 25.8 Å². The van der Waals surface area contributed by atoms with Gasteiger partial charge in [-0.25, -0.2) is 0 Å². The summed E-state index contributed by atoms with van der Waals surface area (Å²) < 4.78 is 0. The van der Waals surface area contributed by atoms with Crippen LogP contribution in [0.4, 0.5) is 5.69 Å². The van der Waals surface area contributed by atoms with Gasteiger partial charge in [-0.2, -0.15) is 0 Å². The van der Waals surface area contributed by atoms with Crippen molar-refractivity contribution in [3.63, 3.8) is 0 Å². The molecule has 0 radical (unpaired) electrons. The van der Waals surface area contributed by atoms with E-state index in [0.717, 1.165) is 30.3 Å². The zero-order valence-electron chi connectivity index (χ0n) is 11.8. The zero-order chi connectivity index (χ0) is 14.1. The van der Waals surface area contributed by atoms with Crippen LogP contribution in [-0.4, -0.2) is 35.0 Å². The molecule has 108 valence electrons. The van der Waals surface area contributed by atoms with Crippen LogP contribution in [0.3, 0.4) is 0 Å². The van der Waals surface area contributed by atoms with Gasteiger partial charge in [0.25, 0.3) is 5.69 Å². The van der Waals surface area contributed by atoms with Crippen molar-refractivity contribution in [2.24, 2.45) is 0 Å². The molecule has 3 rings (SSSR count). The molecule has 20 heavy (non-hydrogen) atoms. The highest BCUT2D eigenvalue weighted by Gasteiger charge is 2.34. The molecule has 5 nitrogen and oxygen atoms in total. The maximum Gasteiger partial charge on any atom is 0.272 e. The molecule has 1 atom stereocenters. The smallest absolute Gasteiger partial charge is 0.272 e. The third-order valence-electron chi connectivity index (χ3n) is 4.48. The summed E-state index contributed by atoms with van der Waals surface area (Å²) in [7, 11) is 0. The van der Waals surface area contributed by atoms with Gasteiger partial charge in [-0.05, 0) is 31.7 Å². The van der Waals surface area contributed by atoms with Gasteiger partial charge >= 0.3 is 0 Å². The molecule has 1 saturated heterocycles. The summed E-state index contributed by atoms with van der Waals surface area (Å²) in [5, 5.41) is 14.5. The maximum atomic E-state index is 10.9. The Morgan fingerprint density at radius 1 is 1.40 bits per heavy atom. The van der Waals surface area contributed by atoms with Gasteiger partial charge in [0, 0.05) is 43.3 Å². The van der Waals surface area contributed by atoms with Gasteiger partial charge < -0.3 is 5.32 Å². The molecular formula is C15H21N3O2. The highest BCUT2D eigenvalue weighted by atomic mass is 16.6. The lowest BCUT2D eigenvalue weighted by molar-refractivity contribution is -0.385. The molecule has 1 aliphatic carbocycles. The number of hydrogen-bond acceptors (Lipinski definition) is 4. The van der Waals surface area contributed by atoms with Crippen molar-refractivity contribution in [2.45, 2.75) is 44.8 Å². The fourth-order valence-electron chi connectivity index (χ4n) is 3.04. The second-order valence-corrected chi connectivity index (χ2v) is 5.91. The van der Waals surface area contributed by atoms with Crippen molar-refractivity contribution in [2.75, 3.05) is 13.1 Å². The highest BCUT2D eigenvalue weighted by molar-refractivity contribution is 5.44. The minimum absolute atomic E-state index is 0.218. The van der Waals surface area contributed by atoms with Crippen LogP contribution < -0.4 is 5.32 Å². The number of hydrogen-bond donors (Lipinski definition) is 1. The topological polar surface area (TPSA) is 58.4 Å². The van der Waals surface area contributed by atoms with Crippen molar-refractivity contribution in [1.82, 2.24) is 10.2 Å². The molecule has 1 aromatic carbocycles. The average Bonchev–Trinajstić information content (AvgIpc) is 3.17. The van der Waals surface area contributed by atoms with Crippen molar-refractivity contribution < 1.29 is 4.92 Å². The van der Waals surface area contributed by atoms with Crippen LogP contribution in [0.25, 0.3) is 0 Å². The number of benzene rings is 1. The molecule has 5 heteroatoms. The standard InChI is InChI=1S/C15H21N3O2/c1-11-12(3-2-4-15(11)18(19)20)9-16-13-7-8-17(10-13)14-5-6-14/h2-4,13-14,16H,5-10H2,1H3. The maximum absolute atomic E-state index is 10.9. The van der Waals surface area contributed by atoms with Gasteiger partial charge in [-0.15, -0.1) is 0 Å². The molecule has 1 heterocycles. The predicted molar refractivity (Wildman–Crippen MR) is 77.7 cm³/mol. The first-order valence-electron chi connectivity index (χ1n) is 7.35. The summed E-state index contributed by atoms with van der Waals surface area (Å²) in [4.78, 5) is 13.2. The SMILES string of the molecule is Cc1c(CNC2CCN(C3CC3)C2)cccc1[N+](=O)[O-]. The number of nitro benzene ring substituents is 1.